The summed E-state index contributed by atoms with van der Waals surface area (Å²) >= 11 is 0. The third-order valence-corrected chi connectivity index (χ3v) is 6.62. The summed E-state index contributed by atoms with van der Waals surface area (Å²) in [5.41, 5.74) is 0.908. The Morgan fingerprint density at radius 3 is 1.61 bits per heavy atom. The van der Waals surface area contributed by atoms with Crippen molar-refractivity contribution >= 4 is 12.0 Å². The lowest BCUT2D eigenvalue weighted by molar-refractivity contribution is -0.126. The monoisotopic (exact) mass is 503 g/mol. The zero-order valence-electron chi connectivity index (χ0n) is 23.0. The minimum Gasteiger partial charge on any atom is -0.494 e. The second kappa shape index (κ2) is 23.5. The summed E-state index contributed by atoms with van der Waals surface area (Å²) in [6.07, 6.45) is 25.1. The molecule has 0 spiro atoms. The van der Waals surface area contributed by atoms with E-state index in [1.54, 1.807) is 6.08 Å². The summed E-state index contributed by atoms with van der Waals surface area (Å²) in [7, 11) is 0. The van der Waals surface area contributed by atoms with Gasteiger partial charge in [0.1, 0.15) is 5.75 Å². The molecule has 36 heavy (non-hydrogen) atoms. The molecule has 0 heterocycles. The minimum absolute atomic E-state index is 0.120. The molecule has 0 unspecified atom stereocenters. The number of amides is 1. The minimum atomic E-state index is -0.220. The summed E-state index contributed by atoms with van der Waals surface area (Å²) in [6, 6.07) is 7.70. The van der Waals surface area contributed by atoms with Gasteiger partial charge in [0.05, 0.1) is 19.8 Å². The van der Waals surface area contributed by atoms with Crippen molar-refractivity contribution in [3.05, 3.63) is 35.9 Å². The topological polar surface area (TPSA) is 70.0 Å². The Kier molecular flexibility index (Phi) is 21.0. The molecule has 2 N–H and O–H groups in total. The lowest BCUT2D eigenvalue weighted by Gasteiger charge is -2.18. The van der Waals surface area contributed by atoms with Gasteiger partial charge >= 0.3 is 0 Å². The van der Waals surface area contributed by atoms with Gasteiger partial charge in [-0.2, -0.15) is 0 Å². The molecule has 0 bridgehead atoms. The van der Waals surface area contributed by atoms with Crippen LogP contribution < -0.4 is 4.74 Å². The van der Waals surface area contributed by atoms with Crippen molar-refractivity contribution in [2.45, 2.75) is 110 Å². The predicted molar refractivity (Wildman–Crippen MR) is 151 cm³/mol. The first-order valence-corrected chi connectivity index (χ1v) is 14.6. The van der Waals surface area contributed by atoms with E-state index in [9.17, 15) is 4.79 Å². The Hall–Kier alpha value is -1.85. The van der Waals surface area contributed by atoms with Crippen LogP contribution in [-0.4, -0.2) is 53.9 Å². The van der Waals surface area contributed by atoms with E-state index in [2.05, 4.69) is 6.92 Å². The molecule has 5 nitrogen and oxygen atoms in total. The van der Waals surface area contributed by atoms with Crippen LogP contribution in [0.2, 0.25) is 0 Å². The van der Waals surface area contributed by atoms with Crippen LogP contribution in [0.25, 0.3) is 6.08 Å². The van der Waals surface area contributed by atoms with Crippen molar-refractivity contribution in [1.82, 2.24) is 4.90 Å². The first kappa shape index (κ1) is 32.2. The molecule has 1 aromatic rings. The molecule has 0 fully saturated rings. The molecule has 1 amide bonds. The largest absolute Gasteiger partial charge is 0.494 e. The van der Waals surface area contributed by atoms with Crippen LogP contribution in [0.1, 0.15) is 115 Å². The van der Waals surface area contributed by atoms with E-state index in [4.69, 9.17) is 14.9 Å². The number of hydrogen-bond donors (Lipinski definition) is 2. The average Bonchev–Trinajstić information content (AvgIpc) is 2.89. The van der Waals surface area contributed by atoms with Gasteiger partial charge in [0.2, 0.25) is 5.91 Å². The van der Waals surface area contributed by atoms with Crippen molar-refractivity contribution in [3.8, 4) is 5.75 Å². The Bertz CT molecular complexity index is 653. The number of rotatable bonds is 24. The average molecular weight is 504 g/mol. The third-order valence-electron chi connectivity index (χ3n) is 6.62. The van der Waals surface area contributed by atoms with E-state index in [1.807, 2.05) is 24.3 Å². The van der Waals surface area contributed by atoms with Crippen LogP contribution >= 0.6 is 0 Å². The molecule has 0 radical (unpaired) electrons. The standard InChI is InChI=1S/C31H53NO4/c1-2-3-4-5-6-7-8-9-10-11-12-13-14-15-16-17-28-36-30-21-18-29(19-22-30)20-23-31(35)32(24-26-33)25-27-34/h18-23,33-34H,2-17,24-28H2,1H3/b23-20+. The Morgan fingerprint density at radius 1 is 0.722 bits per heavy atom. The van der Waals surface area contributed by atoms with E-state index < -0.39 is 0 Å². The fourth-order valence-electron chi connectivity index (χ4n) is 4.36. The highest BCUT2D eigenvalue weighted by molar-refractivity contribution is 5.91. The van der Waals surface area contributed by atoms with Gasteiger partial charge in [-0.05, 0) is 30.2 Å². The number of hydrogen-bond acceptors (Lipinski definition) is 4. The van der Waals surface area contributed by atoms with Crippen molar-refractivity contribution in [3.63, 3.8) is 0 Å². The lowest BCUT2D eigenvalue weighted by Crippen LogP contribution is -2.34. The molecule has 0 aliphatic heterocycles. The smallest absolute Gasteiger partial charge is 0.246 e. The number of nitrogens with zero attached hydrogens (tertiary/aromatic N) is 1. The van der Waals surface area contributed by atoms with Gasteiger partial charge in [-0.25, -0.2) is 0 Å². The number of aliphatic hydroxyl groups is 2. The maximum atomic E-state index is 12.1. The molecular weight excluding hydrogens is 450 g/mol. The van der Waals surface area contributed by atoms with Crippen LogP contribution in [0.4, 0.5) is 0 Å². The molecule has 5 heteroatoms. The van der Waals surface area contributed by atoms with Crippen molar-refractivity contribution in [2.24, 2.45) is 0 Å². The number of aliphatic hydroxyl groups excluding tert-OH is 2. The van der Waals surface area contributed by atoms with Crippen molar-refractivity contribution in [2.75, 3.05) is 32.9 Å². The van der Waals surface area contributed by atoms with E-state index in [1.165, 1.54) is 107 Å². The number of unbranched alkanes of at least 4 members (excludes halogenated alkanes) is 15. The Balaban J connectivity index is 2.00. The van der Waals surface area contributed by atoms with Gasteiger partial charge in [0.15, 0.2) is 0 Å². The lowest BCUT2D eigenvalue weighted by atomic mass is 10.0. The summed E-state index contributed by atoms with van der Waals surface area (Å²) < 4.78 is 5.85. The van der Waals surface area contributed by atoms with Crippen molar-refractivity contribution < 1.29 is 19.7 Å². The van der Waals surface area contributed by atoms with E-state index >= 15 is 0 Å². The van der Waals surface area contributed by atoms with Crippen LogP contribution in [0.15, 0.2) is 30.3 Å². The first-order chi connectivity index (χ1) is 17.7. The molecule has 1 rings (SSSR count). The maximum absolute atomic E-state index is 12.1. The third kappa shape index (κ3) is 17.6. The van der Waals surface area contributed by atoms with Gasteiger partial charge in [-0.1, -0.05) is 115 Å². The van der Waals surface area contributed by atoms with E-state index in [0.717, 1.165) is 24.3 Å². The zero-order chi connectivity index (χ0) is 26.1. The van der Waals surface area contributed by atoms with Gasteiger partial charge < -0.3 is 19.8 Å². The van der Waals surface area contributed by atoms with Gasteiger partial charge in [-0.3, -0.25) is 4.79 Å². The molecule has 0 aliphatic rings. The Labute approximate surface area is 220 Å². The fourth-order valence-corrected chi connectivity index (χ4v) is 4.36. The quantitative estimate of drug-likeness (QED) is 0.116. The number of carbonyl (C=O) groups excluding carboxylic acids is 1. The van der Waals surface area contributed by atoms with Gasteiger partial charge in [0.25, 0.3) is 0 Å². The molecule has 0 atom stereocenters. The van der Waals surface area contributed by atoms with Crippen LogP contribution in [0.5, 0.6) is 5.75 Å². The van der Waals surface area contributed by atoms with Gasteiger partial charge in [0, 0.05) is 19.2 Å². The van der Waals surface area contributed by atoms with Crippen LogP contribution in [-0.2, 0) is 4.79 Å². The fraction of sp³-hybridized carbons (Fsp3) is 0.710. The normalized spacial score (nSPS) is 11.3. The number of carbonyl (C=O) groups is 1. The Morgan fingerprint density at radius 2 is 1.17 bits per heavy atom. The second-order valence-electron chi connectivity index (χ2n) is 9.83. The second-order valence-corrected chi connectivity index (χ2v) is 9.83. The number of ether oxygens (including phenoxy) is 1. The predicted octanol–water partition coefficient (Wildman–Crippen LogP) is 7.15. The summed E-state index contributed by atoms with van der Waals surface area (Å²) in [4.78, 5) is 13.6. The molecule has 0 aliphatic carbocycles. The highest BCUT2D eigenvalue weighted by atomic mass is 16.5. The van der Waals surface area contributed by atoms with Crippen molar-refractivity contribution in [1.29, 1.82) is 0 Å². The number of benzene rings is 1. The van der Waals surface area contributed by atoms with Crippen LogP contribution in [0, 0.1) is 0 Å². The zero-order valence-corrected chi connectivity index (χ0v) is 23.0. The van der Waals surface area contributed by atoms with E-state index in [0.29, 0.717) is 0 Å². The molecule has 206 valence electrons. The molecular formula is C31H53NO4. The van der Waals surface area contributed by atoms with Crippen LogP contribution in [0.3, 0.4) is 0 Å². The van der Waals surface area contributed by atoms with Gasteiger partial charge in [-0.15, -0.1) is 0 Å². The highest BCUT2D eigenvalue weighted by Gasteiger charge is 2.08. The molecule has 0 saturated carbocycles. The summed E-state index contributed by atoms with van der Waals surface area (Å²) in [5, 5.41) is 18.1. The molecule has 0 aromatic heterocycles. The maximum Gasteiger partial charge on any atom is 0.246 e. The first-order valence-electron chi connectivity index (χ1n) is 14.6. The summed E-state index contributed by atoms with van der Waals surface area (Å²) in [5.74, 6) is 0.628. The molecule has 1 aromatic carbocycles. The molecule has 0 saturated heterocycles. The summed E-state index contributed by atoms with van der Waals surface area (Å²) in [6.45, 7) is 3.22. The van der Waals surface area contributed by atoms with E-state index in [-0.39, 0.29) is 32.2 Å². The highest BCUT2D eigenvalue weighted by Crippen LogP contribution is 2.16. The SMILES string of the molecule is CCCCCCCCCCCCCCCCCCOc1ccc(/C=C/C(=O)N(CCO)CCO)cc1.